The van der Waals surface area contributed by atoms with Gasteiger partial charge in [0.25, 0.3) is 0 Å². The van der Waals surface area contributed by atoms with Gasteiger partial charge in [-0.3, -0.25) is 4.79 Å². The van der Waals surface area contributed by atoms with E-state index in [2.05, 4.69) is 27.2 Å². The average molecular weight is 468 g/mol. The number of thioether (sulfide) groups is 1. The van der Waals surface area contributed by atoms with Crippen LogP contribution in [0.15, 0.2) is 59.8 Å². The molecule has 1 unspecified atom stereocenters. The van der Waals surface area contributed by atoms with Crippen LogP contribution in [0.3, 0.4) is 0 Å². The summed E-state index contributed by atoms with van der Waals surface area (Å²) in [7, 11) is 3.53. The maximum absolute atomic E-state index is 12.8. The number of hydrogen-bond acceptors (Lipinski definition) is 7. The predicted molar refractivity (Wildman–Crippen MR) is 129 cm³/mol. The van der Waals surface area contributed by atoms with E-state index in [1.54, 1.807) is 7.11 Å². The quantitative estimate of drug-likeness (QED) is 0.470. The number of carbonyl (C=O) groups excluding carboxylic acids is 1. The van der Waals surface area contributed by atoms with E-state index < -0.39 is 0 Å². The van der Waals surface area contributed by atoms with E-state index in [1.165, 1.54) is 17.4 Å². The Morgan fingerprint density at radius 1 is 1.00 bits per heavy atom. The van der Waals surface area contributed by atoms with Crippen LogP contribution in [-0.4, -0.2) is 64.6 Å². The Bertz CT molecular complexity index is 1050. The van der Waals surface area contributed by atoms with E-state index in [0.29, 0.717) is 16.7 Å². The number of methoxy groups -OCH3 is 1. The molecule has 0 bridgehead atoms. The van der Waals surface area contributed by atoms with Crippen LogP contribution in [0.1, 0.15) is 18.9 Å². The average Bonchev–Trinajstić information content (AvgIpc) is 3.24. The first-order valence-corrected chi connectivity index (χ1v) is 11.9. The number of carbonyl (C=O) groups is 1. The number of aromatic nitrogens is 3. The number of benzene rings is 2. The zero-order valence-electron chi connectivity index (χ0n) is 19.2. The fraction of sp³-hybridized carbons (Fsp3) is 0.375. The smallest absolute Gasteiger partial charge is 0.233 e. The molecule has 3 aromatic rings. The van der Waals surface area contributed by atoms with Crippen molar-refractivity contribution in [3.8, 4) is 11.5 Å². The highest BCUT2D eigenvalue weighted by Crippen LogP contribution is 2.25. The summed E-state index contributed by atoms with van der Waals surface area (Å²) in [4.78, 5) is 17.0. The summed E-state index contributed by atoms with van der Waals surface area (Å²) in [5.41, 5.74) is 1.21. The third-order valence-electron chi connectivity index (χ3n) is 5.68. The minimum atomic E-state index is -0.285. The number of rotatable bonds is 8. The van der Waals surface area contributed by atoms with Gasteiger partial charge >= 0.3 is 0 Å². The van der Waals surface area contributed by atoms with E-state index in [0.717, 1.165) is 37.7 Å². The van der Waals surface area contributed by atoms with Crippen LogP contribution in [-0.2, 0) is 11.8 Å². The lowest BCUT2D eigenvalue weighted by molar-refractivity contribution is -0.128. The van der Waals surface area contributed by atoms with Crippen molar-refractivity contribution in [2.24, 2.45) is 7.05 Å². The molecule has 1 fully saturated rings. The minimum absolute atomic E-state index is 0.125. The van der Waals surface area contributed by atoms with Crippen molar-refractivity contribution in [2.45, 2.75) is 18.2 Å². The molecule has 1 aliphatic rings. The number of ether oxygens (including phenoxy) is 2. The van der Waals surface area contributed by atoms with Crippen molar-refractivity contribution >= 4 is 23.4 Å². The molecular weight excluding hydrogens is 438 g/mol. The number of amides is 1. The van der Waals surface area contributed by atoms with Gasteiger partial charge in [0.2, 0.25) is 5.91 Å². The summed E-state index contributed by atoms with van der Waals surface area (Å²) in [6, 6.07) is 17.7. The third-order valence-corrected chi connectivity index (χ3v) is 6.69. The molecule has 0 N–H and O–H groups in total. The molecule has 0 spiro atoms. The molecule has 1 amide bonds. The Kier molecular flexibility index (Phi) is 7.39. The van der Waals surface area contributed by atoms with Gasteiger partial charge < -0.3 is 23.8 Å². The van der Waals surface area contributed by atoms with E-state index in [-0.39, 0.29) is 12.0 Å². The second kappa shape index (κ2) is 10.6. The van der Waals surface area contributed by atoms with Gasteiger partial charge in [-0.2, -0.15) is 0 Å². The Morgan fingerprint density at radius 3 is 2.33 bits per heavy atom. The van der Waals surface area contributed by atoms with E-state index in [1.807, 2.05) is 65.9 Å². The zero-order chi connectivity index (χ0) is 23.2. The number of hydrogen-bond donors (Lipinski definition) is 0. The molecule has 9 heteroatoms. The van der Waals surface area contributed by atoms with Crippen LogP contribution in [0.5, 0.6) is 11.5 Å². The number of anilines is 1. The molecule has 0 radical (unpaired) electrons. The highest BCUT2D eigenvalue weighted by Gasteiger charge is 2.23. The third kappa shape index (κ3) is 5.60. The van der Waals surface area contributed by atoms with Crippen LogP contribution in [0.25, 0.3) is 0 Å². The molecule has 4 rings (SSSR count). The topological polar surface area (TPSA) is 72.7 Å². The lowest BCUT2D eigenvalue weighted by Crippen LogP contribution is -2.49. The Morgan fingerprint density at radius 2 is 1.67 bits per heavy atom. The van der Waals surface area contributed by atoms with E-state index in [4.69, 9.17) is 9.47 Å². The second-order valence-electron chi connectivity index (χ2n) is 7.83. The van der Waals surface area contributed by atoms with E-state index in [9.17, 15) is 4.79 Å². The first-order valence-electron chi connectivity index (χ1n) is 11.0. The van der Waals surface area contributed by atoms with Crippen molar-refractivity contribution in [1.29, 1.82) is 0 Å². The van der Waals surface area contributed by atoms with Crippen LogP contribution < -0.4 is 14.4 Å². The molecule has 2 aromatic carbocycles. The molecule has 1 saturated heterocycles. The first-order chi connectivity index (χ1) is 16.0. The molecule has 2 heterocycles. The summed E-state index contributed by atoms with van der Waals surface area (Å²) in [6.07, 6.45) is -0.285. The summed E-state index contributed by atoms with van der Waals surface area (Å²) < 4.78 is 13.1. The van der Waals surface area contributed by atoms with Gasteiger partial charge in [-0.05, 0) is 43.3 Å². The van der Waals surface area contributed by atoms with Crippen LogP contribution in [0.4, 0.5) is 5.69 Å². The largest absolute Gasteiger partial charge is 0.497 e. The Labute approximate surface area is 198 Å². The minimum Gasteiger partial charge on any atom is -0.497 e. The first kappa shape index (κ1) is 23.0. The lowest BCUT2D eigenvalue weighted by atomic mass is 10.2. The fourth-order valence-electron chi connectivity index (χ4n) is 3.79. The summed E-state index contributed by atoms with van der Waals surface area (Å²) in [6.45, 7) is 5.07. The van der Waals surface area contributed by atoms with Gasteiger partial charge in [-0.15, -0.1) is 10.2 Å². The zero-order valence-corrected chi connectivity index (χ0v) is 20.0. The van der Waals surface area contributed by atoms with Gasteiger partial charge in [0, 0.05) is 38.9 Å². The Hall–Kier alpha value is -3.20. The number of nitrogens with zero attached hydrogens (tertiary/aromatic N) is 5. The van der Waals surface area contributed by atoms with Crippen molar-refractivity contribution in [1.82, 2.24) is 19.7 Å². The molecule has 0 saturated carbocycles. The van der Waals surface area contributed by atoms with Gasteiger partial charge in [-0.1, -0.05) is 30.0 Å². The van der Waals surface area contributed by atoms with Crippen molar-refractivity contribution in [3.63, 3.8) is 0 Å². The highest BCUT2D eigenvalue weighted by molar-refractivity contribution is 7.99. The summed E-state index contributed by atoms with van der Waals surface area (Å²) >= 11 is 1.41. The predicted octanol–water partition coefficient (Wildman–Crippen LogP) is 3.40. The van der Waals surface area contributed by atoms with Gasteiger partial charge in [0.1, 0.15) is 11.5 Å². The summed E-state index contributed by atoms with van der Waals surface area (Å²) in [5.74, 6) is 2.67. The molecular formula is C24H29N5O3S. The van der Waals surface area contributed by atoms with Crippen molar-refractivity contribution < 1.29 is 14.3 Å². The number of piperazine rings is 1. The van der Waals surface area contributed by atoms with Gasteiger partial charge in [0.05, 0.1) is 12.9 Å². The SMILES string of the molecule is COc1ccc(OC(C)c2nnc(SCC(=O)N3CCN(c4ccccc4)CC3)n2C)cc1. The van der Waals surface area contributed by atoms with E-state index >= 15 is 0 Å². The van der Waals surface area contributed by atoms with Gasteiger partial charge in [-0.25, -0.2) is 0 Å². The van der Waals surface area contributed by atoms with Crippen LogP contribution in [0, 0.1) is 0 Å². The van der Waals surface area contributed by atoms with Crippen molar-refractivity contribution in [2.75, 3.05) is 43.9 Å². The molecule has 8 nitrogen and oxygen atoms in total. The molecule has 174 valence electrons. The molecule has 1 atom stereocenters. The normalized spacial score (nSPS) is 14.8. The fourth-order valence-corrected chi connectivity index (χ4v) is 4.61. The molecule has 0 aliphatic carbocycles. The Balaban J connectivity index is 1.28. The maximum atomic E-state index is 12.8. The van der Waals surface area contributed by atoms with Crippen LogP contribution in [0.2, 0.25) is 0 Å². The molecule has 33 heavy (non-hydrogen) atoms. The molecule has 1 aromatic heterocycles. The highest BCUT2D eigenvalue weighted by atomic mass is 32.2. The van der Waals surface area contributed by atoms with Gasteiger partial charge in [0.15, 0.2) is 17.1 Å². The second-order valence-corrected chi connectivity index (χ2v) is 8.77. The number of para-hydroxylation sites is 1. The van der Waals surface area contributed by atoms with Crippen LogP contribution >= 0.6 is 11.8 Å². The maximum Gasteiger partial charge on any atom is 0.233 e. The lowest BCUT2D eigenvalue weighted by Gasteiger charge is -2.36. The standard InChI is InChI=1S/C24H29N5O3S/c1-18(32-21-11-9-20(31-3)10-12-21)23-25-26-24(27(23)2)33-17-22(30)29-15-13-28(14-16-29)19-7-5-4-6-8-19/h4-12,18H,13-17H2,1-3H3. The molecule has 1 aliphatic heterocycles. The van der Waals surface area contributed by atoms with Crippen molar-refractivity contribution in [3.05, 3.63) is 60.4 Å². The summed E-state index contributed by atoms with van der Waals surface area (Å²) in [5, 5.41) is 9.26. The monoisotopic (exact) mass is 467 g/mol.